The molecule has 0 radical (unpaired) electrons. The van der Waals surface area contributed by atoms with Gasteiger partial charge in [-0.25, -0.2) is 23.4 Å². The summed E-state index contributed by atoms with van der Waals surface area (Å²) in [5.41, 5.74) is 3.02. The first-order valence-electron chi connectivity index (χ1n) is 10.8. The van der Waals surface area contributed by atoms with E-state index in [9.17, 15) is 8.42 Å². The van der Waals surface area contributed by atoms with Crippen LogP contribution in [-0.4, -0.2) is 43.6 Å². The molecule has 0 atom stereocenters. The first kappa shape index (κ1) is 23.1. The van der Waals surface area contributed by atoms with E-state index >= 15 is 0 Å². The molecule has 9 nitrogen and oxygen atoms in total. The fourth-order valence-electron chi connectivity index (χ4n) is 3.75. The van der Waals surface area contributed by atoms with Gasteiger partial charge in [-0.05, 0) is 54.4 Å². The van der Waals surface area contributed by atoms with Crippen LogP contribution in [0.3, 0.4) is 0 Å². The lowest BCUT2D eigenvalue weighted by molar-refractivity contribution is 0.290. The molecular weight excluding hydrogens is 490 g/mol. The van der Waals surface area contributed by atoms with Crippen LogP contribution in [0.1, 0.15) is 11.1 Å². The molecule has 0 unspecified atom stereocenters. The summed E-state index contributed by atoms with van der Waals surface area (Å²) < 4.78 is 40.6. The number of ether oxygens (including phenoxy) is 2. The van der Waals surface area contributed by atoms with Crippen molar-refractivity contribution in [1.29, 1.82) is 0 Å². The van der Waals surface area contributed by atoms with Crippen LogP contribution in [0.25, 0.3) is 11.2 Å². The minimum Gasteiger partial charge on any atom is -0.490 e. The highest BCUT2D eigenvalue weighted by Crippen LogP contribution is 2.33. The normalized spacial score (nSPS) is 13.3. The summed E-state index contributed by atoms with van der Waals surface area (Å²) in [6, 6.07) is 13.9. The van der Waals surface area contributed by atoms with Crippen LogP contribution in [0.2, 0.25) is 5.02 Å². The smallest absolute Gasteiger partial charge is 0.263 e. The number of likely N-dealkylation sites (N-methyl/N-ethyl adjacent to an activating group) is 1. The second-order valence-corrected chi connectivity index (χ2v) is 10.1. The van der Waals surface area contributed by atoms with Crippen LogP contribution in [0.15, 0.2) is 59.6 Å². The van der Waals surface area contributed by atoms with Crippen molar-refractivity contribution in [2.24, 2.45) is 0 Å². The Balaban J connectivity index is 1.48. The van der Waals surface area contributed by atoms with Crippen LogP contribution in [0.5, 0.6) is 11.6 Å². The number of nitrogens with one attached hydrogen (secondary N) is 1. The predicted molar refractivity (Wildman–Crippen MR) is 134 cm³/mol. The van der Waals surface area contributed by atoms with Crippen LogP contribution >= 0.6 is 11.6 Å². The summed E-state index contributed by atoms with van der Waals surface area (Å²) in [6.45, 7) is 3.19. The van der Waals surface area contributed by atoms with Gasteiger partial charge in [0.15, 0.2) is 5.65 Å². The molecule has 0 fully saturated rings. The van der Waals surface area contributed by atoms with Crippen LogP contribution in [0, 0.1) is 6.92 Å². The molecule has 0 amide bonds. The molecule has 0 bridgehead atoms. The minimum atomic E-state index is -4.03. The van der Waals surface area contributed by atoms with E-state index in [4.69, 9.17) is 21.1 Å². The summed E-state index contributed by atoms with van der Waals surface area (Å²) in [5.74, 6) is 0.736. The topological polar surface area (TPSA) is 107 Å². The first-order valence-corrected chi connectivity index (χ1v) is 12.7. The third kappa shape index (κ3) is 4.67. The van der Waals surface area contributed by atoms with Gasteiger partial charge in [0.1, 0.15) is 24.5 Å². The van der Waals surface area contributed by atoms with E-state index in [0.717, 1.165) is 23.5 Å². The molecule has 2 aromatic carbocycles. The zero-order valence-corrected chi connectivity index (χ0v) is 20.6. The summed E-state index contributed by atoms with van der Waals surface area (Å²) in [5, 5.41) is 0.343. The van der Waals surface area contributed by atoms with Crippen molar-refractivity contribution in [2.45, 2.75) is 18.4 Å². The van der Waals surface area contributed by atoms with Gasteiger partial charge < -0.3 is 14.4 Å². The van der Waals surface area contributed by atoms with Gasteiger partial charge >= 0.3 is 0 Å². The maximum atomic E-state index is 13.2. The fraction of sp³-hybridized carbons (Fsp3) is 0.208. The number of anilines is 2. The number of rotatable bonds is 6. The largest absolute Gasteiger partial charge is 0.490 e. The Morgan fingerprint density at radius 1 is 1.17 bits per heavy atom. The molecule has 0 saturated heterocycles. The van der Waals surface area contributed by atoms with Crippen LogP contribution in [-0.2, 0) is 16.6 Å². The SMILES string of the molecule is Cc1c(Cl)cccc1S(=O)(=O)Nc1nc2ncccc2nc1OCc1ccc2c(c1)OCCN2C. The third-order valence-electron chi connectivity index (χ3n) is 5.64. The summed E-state index contributed by atoms with van der Waals surface area (Å²) in [6.07, 6.45) is 1.56. The monoisotopic (exact) mass is 511 g/mol. The van der Waals surface area contributed by atoms with E-state index in [1.165, 1.54) is 6.07 Å². The number of sulfonamides is 1. The van der Waals surface area contributed by atoms with E-state index in [1.54, 1.807) is 37.4 Å². The number of benzene rings is 2. The van der Waals surface area contributed by atoms with Gasteiger partial charge in [-0.15, -0.1) is 0 Å². The van der Waals surface area contributed by atoms with Crippen molar-refractivity contribution >= 4 is 44.3 Å². The molecule has 1 aliphatic rings. The number of pyridine rings is 1. The molecule has 0 spiro atoms. The standard InChI is InChI=1S/C24H22ClN5O4S/c1-15-17(25)5-3-7-21(15)35(31,32)29-23-24(27-18-6-4-10-26-22(18)28-23)34-14-16-8-9-19-20(13-16)33-12-11-30(19)2/h3-10,13H,11-12,14H2,1-2H3,(H,26,28,29). The summed E-state index contributed by atoms with van der Waals surface area (Å²) in [7, 11) is -2.02. The third-order valence-corrected chi connectivity index (χ3v) is 7.54. The lowest BCUT2D eigenvalue weighted by Crippen LogP contribution is -2.28. The zero-order valence-electron chi connectivity index (χ0n) is 19.0. The Morgan fingerprint density at radius 3 is 2.89 bits per heavy atom. The molecule has 35 heavy (non-hydrogen) atoms. The second-order valence-electron chi connectivity index (χ2n) is 8.05. The van der Waals surface area contributed by atoms with Crippen molar-refractivity contribution in [2.75, 3.05) is 29.8 Å². The molecule has 0 aliphatic carbocycles. The van der Waals surface area contributed by atoms with E-state index in [2.05, 4.69) is 24.6 Å². The zero-order chi connectivity index (χ0) is 24.6. The quantitative estimate of drug-likeness (QED) is 0.410. The maximum Gasteiger partial charge on any atom is 0.263 e. The van der Waals surface area contributed by atoms with Gasteiger partial charge in [-0.3, -0.25) is 4.72 Å². The lowest BCUT2D eigenvalue weighted by atomic mass is 10.1. The van der Waals surface area contributed by atoms with E-state index in [-0.39, 0.29) is 28.8 Å². The van der Waals surface area contributed by atoms with Gasteiger partial charge in [0.2, 0.25) is 5.82 Å². The average Bonchev–Trinajstić information content (AvgIpc) is 2.84. The van der Waals surface area contributed by atoms with Crippen molar-refractivity contribution in [3.63, 3.8) is 0 Å². The number of halogens is 1. The molecule has 3 heterocycles. The van der Waals surface area contributed by atoms with E-state index in [0.29, 0.717) is 22.7 Å². The Morgan fingerprint density at radius 2 is 2.03 bits per heavy atom. The molecule has 0 saturated carbocycles. The van der Waals surface area contributed by atoms with Gasteiger partial charge in [-0.2, -0.15) is 0 Å². The van der Waals surface area contributed by atoms with Crippen molar-refractivity contribution in [3.05, 3.63) is 70.9 Å². The first-order chi connectivity index (χ1) is 16.8. The molecular formula is C24H22ClN5O4S. The number of hydrogen-bond acceptors (Lipinski definition) is 8. The van der Waals surface area contributed by atoms with Crippen molar-refractivity contribution in [3.8, 4) is 11.6 Å². The summed E-state index contributed by atoms with van der Waals surface area (Å²) >= 11 is 6.14. The van der Waals surface area contributed by atoms with Crippen LogP contribution < -0.4 is 19.1 Å². The molecule has 5 rings (SSSR count). The number of aromatic nitrogens is 3. The van der Waals surface area contributed by atoms with Gasteiger partial charge in [0.25, 0.3) is 15.9 Å². The van der Waals surface area contributed by atoms with Crippen LogP contribution in [0.4, 0.5) is 11.5 Å². The van der Waals surface area contributed by atoms with Gasteiger partial charge in [0, 0.05) is 18.3 Å². The molecule has 1 aliphatic heterocycles. The van der Waals surface area contributed by atoms with E-state index in [1.807, 2.05) is 25.2 Å². The van der Waals surface area contributed by atoms with Gasteiger partial charge in [0.05, 0.1) is 17.1 Å². The minimum absolute atomic E-state index is 0.0320. The fourth-order valence-corrected chi connectivity index (χ4v) is 5.25. The second kappa shape index (κ2) is 9.20. The molecule has 11 heteroatoms. The Labute approximate surface area is 207 Å². The Kier molecular flexibility index (Phi) is 6.08. The summed E-state index contributed by atoms with van der Waals surface area (Å²) in [4.78, 5) is 15.2. The van der Waals surface area contributed by atoms with E-state index < -0.39 is 10.0 Å². The lowest BCUT2D eigenvalue weighted by Gasteiger charge is -2.28. The number of nitrogens with zero attached hydrogens (tertiary/aromatic N) is 4. The van der Waals surface area contributed by atoms with Crippen molar-refractivity contribution < 1.29 is 17.9 Å². The Hall–Kier alpha value is -3.63. The average molecular weight is 512 g/mol. The highest BCUT2D eigenvalue weighted by Gasteiger charge is 2.23. The molecule has 1 N–H and O–H groups in total. The predicted octanol–water partition coefficient (Wildman–Crippen LogP) is 4.20. The highest BCUT2D eigenvalue weighted by molar-refractivity contribution is 7.92. The van der Waals surface area contributed by atoms with Crippen molar-refractivity contribution in [1.82, 2.24) is 15.0 Å². The highest BCUT2D eigenvalue weighted by atomic mass is 35.5. The number of hydrogen-bond donors (Lipinski definition) is 1. The molecule has 180 valence electrons. The molecule has 4 aromatic rings. The maximum absolute atomic E-state index is 13.2. The molecule has 2 aromatic heterocycles. The van der Waals surface area contributed by atoms with Gasteiger partial charge in [-0.1, -0.05) is 23.7 Å². The Bertz CT molecular complexity index is 1530. The number of fused-ring (bicyclic) bond motifs is 2.